The van der Waals surface area contributed by atoms with E-state index in [0.717, 1.165) is 29.0 Å². The zero-order valence-electron chi connectivity index (χ0n) is 10.5. The molecule has 2 rings (SSSR count). The van der Waals surface area contributed by atoms with Crippen LogP contribution in [0.3, 0.4) is 0 Å². The molecular formula is C14H17N3O. The predicted molar refractivity (Wildman–Crippen MR) is 72.5 cm³/mol. The van der Waals surface area contributed by atoms with Crippen LogP contribution < -0.4 is 10.5 Å². The van der Waals surface area contributed by atoms with Crippen molar-refractivity contribution in [3.05, 3.63) is 24.0 Å². The van der Waals surface area contributed by atoms with Gasteiger partial charge >= 0.3 is 0 Å². The first-order valence-corrected chi connectivity index (χ1v) is 6.05. The van der Waals surface area contributed by atoms with Crippen LogP contribution in [0.15, 0.2) is 18.2 Å². The number of nitrogens with two attached hydrogens (primary N) is 1. The summed E-state index contributed by atoms with van der Waals surface area (Å²) in [6.07, 6.45) is 6.12. The zero-order chi connectivity index (χ0) is 13.0. The van der Waals surface area contributed by atoms with Crippen molar-refractivity contribution in [3.8, 4) is 18.1 Å². The van der Waals surface area contributed by atoms with Crippen molar-refractivity contribution in [2.75, 3.05) is 13.2 Å². The van der Waals surface area contributed by atoms with E-state index >= 15 is 0 Å². The Morgan fingerprint density at radius 1 is 1.50 bits per heavy atom. The molecule has 1 aromatic carbocycles. The third-order valence-electron chi connectivity index (χ3n) is 2.73. The van der Waals surface area contributed by atoms with Gasteiger partial charge in [-0.3, -0.25) is 0 Å². The average molecular weight is 243 g/mol. The van der Waals surface area contributed by atoms with E-state index in [1.807, 2.05) is 29.7 Å². The molecule has 0 unspecified atom stereocenters. The number of imidazole rings is 1. The quantitative estimate of drug-likeness (QED) is 0.811. The Balaban J connectivity index is 2.50. The Hall–Kier alpha value is -1.99. The molecule has 1 heterocycles. The van der Waals surface area contributed by atoms with Gasteiger partial charge in [0.25, 0.3) is 0 Å². The highest BCUT2D eigenvalue weighted by molar-refractivity contribution is 5.78. The minimum atomic E-state index is 0.514. The fraction of sp³-hybridized carbons (Fsp3) is 0.357. The number of aromatic nitrogens is 2. The second-order valence-corrected chi connectivity index (χ2v) is 3.94. The molecule has 1 aromatic heterocycles. The highest BCUT2D eigenvalue weighted by Crippen LogP contribution is 2.22. The smallest absolute Gasteiger partial charge is 0.121 e. The number of ether oxygens (including phenoxy) is 1. The van der Waals surface area contributed by atoms with E-state index in [9.17, 15) is 0 Å². The van der Waals surface area contributed by atoms with Gasteiger partial charge < -0.3 is 15.0 Å². The fourth-order valence-electron chi connectivity index (χ4n) is 2.00. The number of benzene rings is 1. The molecule has 0 amide bonds. The van der Waals surface area contributed by atoms with Crippen LogP contribution in [0.2, 0.25) is 0 Å². The predicted octanol–water partition coefficient (Wildman–Crippen LogP) is 1.57. The number of hydrogen-bond acceptors (Lipinski definition) is 3. The largest absolute Gasteiger partial charge is 0.494 e. The van der Waals surface area contributed by atoms with Gasteiger partial charge in [-0.2, -0.15) is 0 Å². The highest BCUT2D eigenvalue weighted by Gasteiger charge is 2.10. The van der Waals surface area contributed by atoms with Crippen molar-refractivity contribution in [3.63, 3.8) is 0 Å². The van der Waals surface area contributed by atoms with Crippen LogP contribution >= 0.6 is 0 Å². The topological polar surface area (TPSA) is 53.1 Å². The van der Waals surface area contributed by atoms with Crippen LogP contribution in [-0.4, -0.2) is 22.7 Å². The van der Waals surface area contributed by atoms with Crippen LogP contribution in [0.5, 0.6) is 5.75 Å². The summed E-state index contributed by atoms with van der Waals surface area (Å²) in [6.45, 7) is 3.68. The van der Waals surface area contributed by atoms with E-state index in [1.165, 1.54) is 0 Å². The summed E-state index contributed by atoms with van der Waals surface area (Å²) in [5.74, 6) is 4.41. The van der Waals surface area contributed by atoms with Crippen LogP contribution in [0, 0.1) is 12.3 Å². The molecular weight excluding hydrogens is 226 g/mol. The lowest BCUT2D eigenvalue weighted by atomic mass is 10.3. The van der Waals surface area contributed by atoms with Gasteiger partial charge in [-0.1, -0.05) is 5.92 Å². The monoisotopic (exact) mass is 243 g/mol. The summed E-state index contributed by atoms with van der Waals surface area (Å²) in [6, 6.07) is 5.86. The van der Waals surface area contributed by atoms with E-state index in [1.54, 1.807) is 0 Å². The minimum absolute atomic E-state index is 0.514. The molecule has 4 heteroatoms. The third kappa shape index (κ3) is 2.31. The Kier molecular flexibility index (Phi) is 3.85. The molecule has 18 heavy (non-hydrogen) atoms. The van der Waals surface area contributed by atoms with Crippen LogP contribution in [0.1, 0.15) is 12.7 Å². The summed E-state index contributed by atoms with van der Waals surface area (Å²) in [4.78, 5) is 4.57. The molecule has 0 saturated heterocycles. The van der Waals surface area contributed by atoms with Crippen molar-refractivity contribution >= 4 is 11.0 Å². The van der Waals surface area contributed by atoms with Crippen molar-refractivity contribution in [1.29, 1.82) is 0 Å². The van der Waals surface area contributed by atoms with Crippen molar-refractivity contribution in [1.82, 2.24) is 9.55 Å². The molecule has 0 aliphatic rings. The lowest BCUT2D eigenvalue weighted by molar-refractivity contribution is 0.340. The van der Waals surface area contributed by atoms with Crippen molar-refractivity contribution in [2.24, 2.45) is 5.73 Å². The molecule has 0 bridgehead atoms. The normalized spacial score (nSPS) is 10.5. The van der Waals surface area contributed by atoms with Gasteiger partial charge in [0.05, 0.1) is 24.2 Å². The number of hydrogen-bond donors (Lipinski definition) is 1. The number of nitrogens with zero attached hydrogens (tertiary/aromatic N) is 2. The Morgan fingerprint density at radius 3 is 3.00 bits per heavy atom. The first kappa shape index (κ1) is 12.5. The maximum atomic E-state index is 5.60. The minimum Gasteiger partial charge on any atom is -0.494 e. The van der Waals surface area contributed by atoms with E-state index in [-0.39, 0.29) is 0 Å². The molecule has 0 spiro atoms. The molecule has 0 aliphatic carbocycles. The molecule has 0 fully saturated rings. The van der Waals surface area contributed by atoms with E-state index in [4.69, 9.17) is 16.9 Å². The van der Waals surface area contributed by atoms with Gasteiger partial charge in [-0.05, 0) is 25.6 Å². The Labute approximate surface area is 107 Å². The van der Waals surface area contributed by atoms with E-state index < -0.39 is 0 Å². The fourth-order valence-corrected chi connectivity index (χ4v) is 2.00. The lowest BCUT2D eigenvalue weighted by Crippen LogP contribution is -2.09. The van der Waals surface area contributed by atoms with Gasteiger partial charge in [0.1, 0.15) is 11.6 Å². The summed E-state index contributed by atoms with van der Waals surface area (Å²) in [5, 5.41) is 0. The Bertz CT molecular complexity index is 580. The van der Waals surface area contributed by atoms with Gasteiger partial charge in [0.2, 0.25) is 0 Å². The molecule has 0 saturated carbocycles. The number of fused-ring (bicyclic) bond motifs is 1. The second kappa shape index (κ2) is 5.56. The van der Waals surface area contributed by atoms with Crippen LogP contribution in [0.4, 0.5) is 0 Å². The number of terminal acetylenes is 1. The van der Waals surface area contributed by atoms with E-state index in [0.29, 0.717) is 19.7 Å². The second-order valence-electron chi connectivity index (χ2n) is 3.94. The standard InChI is InChI=1S/C14H17N3O/c1-3-9-17-13-6-5-11(18-4-2)10-12(13)16-14(17)7-8-15/h1,5-6,10H,4,7-9,15H2,2H3. The summed E-state index contributed by atoms with van der Waals surface area (Å²) < 4.78 is 7.49. The molecule has 94 valence electrons. The average Bonchev–Trinajstić information content (AvgIpc) is 2.68. The molecule has 2 aromatic rings. The maximum absolute atomic E-state index is 5.60. The van der Waals surface area contributed by atoms with Gasteiger partial charge in [-0.25, -0.2) is 4.98 Å². The van der Waals surface area contributed by atoms with Crippen LogP contribution in [-0.2, 0) is 13.0 Å². The summed E-state index contributed by atoms with van der Waals surface area (Å²) in [7, 11) is 0. The molecule has 4 nitrogen and oxygen atoms in total. The SMILES string of the molecule is C#CCn1c(CCN)nc2cc(OCC)ccc21. The van der Waals surface area contributed by atoms with E-state index in [2.05, 4.69) is 10.9 Å². The van der Waals surface area contributed by atoms with Crippen molar-refractivity contribution in [2.45, 2.75) is 19.9 Å². The summed E-state index contributed by atoms with van der Waals surface area (Å²) in [5.41, 5.74) is 7.53. The Morgan fingerprint density at radius 2 is 2.33 bits per heavy atom. The molecule has 0 radical (unpaired) electrons. The third-order valence-corrected chi connectivity index (χ3v) is 2.73. The van der Waals surface area contributed by atoms with Gasteiger partial charge in [-0.15, -0.1) is 6.42 Å². The highest BCUT2D eigenvalue weighted by atomic mass is 16.5. The maximum Gasteiger partial charge on any atom is 0.121 e. The first-order valence-electron chi connectivity index (χ1n) is 6.05. The first-order chi connectivity index (χ1) is 8.80. The van der Waals surface area contributed by atoms with Gasteiger partial charge in [0, 0.05) is 12.5 Å². The lowest BCUT2D eigenvalue weighted by Gasteiger charge is -2.05. The summed E-state index contributed by atoms with van der Waals surface area (Å²) >= 11 is 0. The zero-order valence-corrected chi connectivity index (χ0v) is 10.5. The van der Waals surface area contributed by atoms with Crippen LogP contribution in [0.25, 0.3) is 11.0 Å². The molecule has 0 atom stereocenters. The van der Waals surface area contributed by atoms with Crippen molar-refractivity contribution < 1.29 is 4.74 Å². The molecule has 2 N–H and O–H groups in total. The molecule has 0 aliphatic heterocycles. The van der Waals surface area contributed by atoms with Gasteiger partial charge in [0.15, 0.2) is 0 Å². The number of rotatable bonds is 5.